The second-order valence-corrected chi connectivity index (χ2v) is 18.7. The van der Waals surface area contributed by atoms with Crippen molar-refractivity contribution < 1.29 is 4.74 Å². The molecule has 6 aromatic carbocycles. The molecule has 282 valence electrons. The van der Waals surface area contributed by atoms with Crippen LogP contribution in [0.2, 0.25) is 0 Å². The van der Waals surface area contributed by atoms with E-state index in [9.17, 15) is 0 Å². The fourth-order valence-corrected chi connectivity index (χ4v) is 10.8. The molecule has 58 heavy (non-hydrogen) atoms. The summed E-state index contributed by atoms with van der Waals surface area (Å²) in [5.41, 5.74) is 12.7. The van der Waals surface area contributed by atoms with E-state index in [-0.39, 0.29) is 5.41 Å². The molecule has 8 aromatic rings. The summed E-state index contributed by atoms with van der Waals surface area (Å²) >= 11 is -0.667. The number of ether oxygens (including phenoxy) is 1. The van der Waals surface area contributed by atoms with Crippen molar-refractivity contribution in [2.45, 2.75) is 26.2 Å². The van der Waals surface area contributed by atoms with E-state index in [1.165, 1.54) is 46.4 Å². The minimum absolute atomic E-state index is 0.0100. The van der Waals surface area contributed by atoms with Crippen LogP contribution in [0.25, 0.3) is 22.3 Å². The number of anilines is 7. The number of fused-ring (bicyclic) bond motifs is 3. The van der Waals surface area contributed by atoms with Crippen molar-refractivity contribution in [2.24, 2.45) is 0 Å². The van der Waals surface area contributed by atoms with Crippen LogP contribution in [0.5, 0.6) is 11.6 Å². The van der Waals surface area contributed by atoms with Gasteiger partial charge in [-0.3, -0.25) is 0 Å². The summed E-state index contributed by atoms with van der Waals surface area (Å²) in [6.45, 7) is 7.35. The van der Waals surface area contributed by atoms with E-state index in [4.69, 9.17) is 14.7 Å². The second-order valence-electron chi connectivity index (χ2n) is 15.6. The maximum atomic E-state index is 6.66. The van der Waals surface area contributed by atoms with Crippen LogP contribution in [-0.4, -0.2) is 37.6 Å². The van der Waals surface area contributed by atoms with Crippen molar-refractivity contribution in [3.05, 3.63) is 188 Å². The molecule has 0 N–H and O–H groups in total. The van der Waals surface area contributed by atoms with Gasteiger partial charge in [0, 0.05) is 11.1 Å². The first kappa shape index (κ1) is 36.0. The molecule has 2 aliphatic heterocycles. The molecule has 0 radical (unpaired) electrons. The molecule has 7 heteroatoms. The van der Waals surface area contributed by atoms with Crippen molar-refractivity contribution in [2.75, 3.05) is 21.4 Å². The Morgan fingerprint density at radius 2 is 1.19 bits per heavy atom. The average molecular weight is 868 g/mol. The van der Waals surface area contributed by atoms with Gasteiger partial charge in [0.25, 0.3) is 0 Å². The Hall–Kier alpha value is -6.39. The molecule has 0 atom stereocenters. The van der Waals surface area contributed by atoms with E-state index < -0.39 is 20.9 Å². The normalized spacial score (nSPS) is 13.2. The van der Waals surface area contributed by atoms with Gasteiger partial charge in [0.05, 0.1) is 0 Å². The minimum atomic E-state index is -0.667. The molecule has 0 bridgehead atoms. The first-order valence-corrected chi connectivity index (χ1v) is 21.9. The molecule has 0 saturated heterocycles. The van der Waals surface area contributed by atoms with Gasteiger partial charge in [-0.25, -0.2) is 0 Å². The number of nitrogens with zero attached hydrogens (tertiary/aromatic N) is 5. The topological polar surface area (TPSA) is 44.7 Å². The summed E-state index contributed by atoms with van der Waals surface area (Å²) in [5.74, 6) is 2.17. The van der Waals surface area contributed by atoms with Gasteiger partial charge in [-0.1, -0.05) is 84.9 Å². The molecule has 0 fully saturated rings. The summed E-state index contributed by atoms with van der Waals surface area (Å²) in [6.07, 6.45) is 3.93. The van der Waals surface area contributed by atoms with Gasteiger partial charge < -0.3 is 0 Å². The zero-order chi connectivity index (χ0) is 39.2. The average Bonchev–Trinajstić information content (AvgIpc) is 3.65. The summed E-state index contributed by atoms with van der Waals surface area (Å²) in [5, 5.41) is 0. The number of hydrogen-bond donors (Lipinski definition) is 0. The predicted molar refractivity (Wildman–Crippen MR) is 240 cm³/mol. The number of para-hydroxylation sites is 4. The van der Waals surface area contributed by atoms with Crippen LogP contribution >= 0.6 is 0 Å². The third kappa shape index (κ3) is 6.67. The Balaban J connectivity index is 1.01. The van der Waals surface area contributed by atoms with E-state index in [1.54, 1.807) is 0 Å². The van der Waals surface area contributed by atoms with Gasteiger partial charge in [-0.15, -0.1) is 0 Å². The molecule has 2 aromatic heterocycles. The number of pyridine rings is 2. The van der Waals surface area contributed by atoms with Crippen LogP contribution in [0, 0.1) is 0 Å². The standard InChI is InChI=1S/C51H41N5OTe/c1-51(2,3)37-28-29-52-48(30-37)56-44-26-12-13-27-46(44)58-47-33-53-49(32-45(47)56)57-39-21-14-20-38(31-39)54-34-55(43-25-11-10-24-42(43)54)50-40(35-16-6-4-7-17-35)22-15-23-41(50)36-18-8-5-9-19-36/h4-33H,34H2,1-3H3. The zero-order valence-corrected chi connectivity index (χ0v) is 34.9. The molecular weight excluding hydrogens is 826 g/mol. The molecule has 0 saturated carbocycles. The molecule has 2 aliphatic rings. The van der Waals surface area contributed by atoms with Gasteiger partial charge >= 0.3 is 245 Å². The first-order valence-electron chi connectivity index (χ1n) is 19.6. The molecular formula is C51H41N5OTe. The summed E-state index contributed by atoms with van der Waals surface area (Å²) < 4.78 is 9.29. The third-order valence-corrected chi connectivity index (χ3v) is 13.9. The fraction of sp³-hybridized carbons (Fsp3) is 0.0980. The first-order chi connectivity index (χ1) is 28.4. The van der Waals surface area contributed by atoms with E-state index >= 15 is 0 Å². The summed E-state index contributed by atoms with van der Waals surface area (Å²) in [4.78, 5) is 16.9. The third-order valence-electron chi connectivity index (χ3n) is 10.8. The summed E-state index contributed by atoms with van der Waals surface area (Å²) in [7, 11) is 0. The fourth-order valence-electron chi connectivity index (χ4n) is 7.95. The van der Waals surface area contributed by atoms with Crippen molar-refractivity contribution in [3.63, 3.8) is 0 Å². The molecule has 0 amide bonds. The molecule has 6 nitrogen and oxygen atoms in total. The molecule has 0 unspecified atom stereocenters. The maximum absolute atomic E-state index is 6.66. The number of hydrogen-bond acceptors (Lipinski definition) is 6. The van der Waals surface area contributed by atoms with Crippen LogP contribution in [0.4, 0.5) is 39.9 Å². The zero-order valence-electron chi connectivity index (χ0n) is 32.6. The van der Waals surface area contributed by atoms with Crippen LogP contribution in [0.1, 0.15) is 26.3 Å². The Kier molecular flexibility index (Phi) is 9.21. The van der Waals surface area contributed by atoms with Crippen molar-refractivity contribution in [3.8, 4) is 33.9 Å². The van der Waals surface area contributed by atoms with Crippen molar-refractivity contribution in [1.82, 2.24) is 9.97 Å². The Bertz CT molecular complexity index is 2730. The number of aromatic nitrogens is 2. The molecule has 10 rings (SSSR count). The Labute approximate surface area is 350 Å². The van der Waals surface area contributed by atoms with Crippen LogP contribution in [-0.2, 0) is 5.41 Å². The SMILES string of the molecule is CC(C)(C)c1ccnc(N2c3ccccc3[Te]c3cnc(Oc4cccc(N5CN(c6c(-c7ccccc7)cccc6-c6ccccc6)c6ccccc65)c4)cc32)c1. The summed E-state index contributed by atoms with van der Waals surface area (Å²) in [6, 6.07) is 60.2. The molecule has 0 spiro atoms. The van der Waals surface area contributed by atoms with Crippen LogP contribution < -0.4 is 26.7 Å². The Morgan fingerprint density at radius 3 is 1.90 bits per heavy atom. The van der Waals surface area contributed by atoms with E-state index in [1.807, 2.05) is 18.5 Å². The van der Waals surface area contributed by atoms with Crippen LogP contribution in [0.15, 0.2) is 182 Å². The number of benzene rings is 6. The van der Waals surface area contributed by atoms with E-state index in [2.05, 4.69) is 199 Å². The Morgan fingerprint density at radius 1 is 0.552 bits per heavy atom. The number of rotatable bonds is 7. The second kappa shape index (κ2) is 14.8. The van der Waals surface area contributed by atoms with Gasteiger partial charge in [0.1, 0.15) is 0 Å². The molecule has 0 aliphatic carbocycles. The van der Waals surface area contributed by atoms with E-state index in [0.717, 1.165) is 34.3 Å². The van der Waals surface area contributed by atoms with Gasteiger partial charge in [-0.05, 0) is 11.1 Å². The predicted octanol–water partition coefficient (Wildman–Crippen LogP) is 11.6. The van der Waals surface area contributed by atoms with Crippen LogP contribution in [0.3, 0.4) is 0 Å². The van der Waals surface area contributed by atoms with Crippen molar-refractivity contribution >= 4 is 68.1 Å². The quantitative estimate of drug-likeness (QED) is 0.149. The van der Waals surface area contributed by atoms with Gasteiger partial charge in [0.2, 0.25) is 0 Å². The van der Waals surface area contributed by atoms with Crippen molar-refractivity contribution in [1.29, 1.82) is 0 Å². The van der Waals surface area contributed by atoms with E-state index in [0.29, 0.717) is 12.5 Å². The molecule has 4 heterocycles. The van der Waals surface area contributed by atoms with Gasteiger partial charge in [-0.2, -0.15) is 0 Å². The monoisotopic (exact) mass is 869 g/mol. The van der Waals surface area contributed by atoms with Gasteiger partial charge in [0.15, 0.2) is 0 Å².